The molecule has 2 atom stereocenters. The van der Waals surface area contributed by atoms with Crippen molar-refractivity contribution in [1.29, 1.82) is 0 Å². The van der Waals surface area contributed by atoms with Crippen LogP contribution in [0.1, 0.15) is 67.7 Å². The molecule has 0 aromatic rings. The fraction of sp³-hybridized carbons (Fsp3) is 0.952. The van der Waals surface area contributed by atoms with Crippen LogP contribution in [-0.2, 0) is 27.9 Å². The van der Waals surface area contributed by atoms with E-state index in [1.54, 1.807) is 0 Å². The molecule has 0 amide bonds. The Labute approximate surface area is 182 Å². The van der Waals surface area contributed by atoms with Crippen LogP contribution in [0.3, 0.4) is 0 Å². The topological polar surface area (TPSA) is 86.3 Å². The molecule has 178 valence electrons. The van der Waals surface area contributed by atoms with Crippen molar-refractivity contribution in [2.24, 2.45) is 5.41 Å². The standard InChI is InChI=1S/C21H43N2O6P/c1-8-9-18(2)28-30(25,29-20(3,4)5)22-11-15-27-19(24)21(6,7)10-12-23-13-16-26-17-14-23/h18H,8-17H2,1-7H3,(H,22,25). The number of hydrogen-bond acceptors (Lipinski definition) is 7. The molecule has 0 spiro atoms. The number of ether oxygens (including phenoxy) is 2. The summed E-state index contributed by atoms with van der Waals surface area (Å²) in [4.78, 5) is 14.8. The highest BCUT2D eigenvalue weighted by Crippen LogP contribution is 2.48. The molecule has 2 unspecified atom stereocenters. The molecular formula is C21H43N2O6P. The molecule has 8 nitrogen and oxygen atoms in total. The van der Waals surface area contributed by atoms with E-state index in [2.05, 4.69) is 9.99 Å². The number of carbonyl (C=O) groups is 1. The zero-order valence-corrected chi connectivity index (χ0v) is 20.9. The van der Waals surface area contributed by atoms with Gasteiger partial charge in [-0.25, -0.2) is 9.65 Å². The van der Waals surface area contributed by atoms with Crippen molar-refractivity contribution in [3.8, 4) is 0 Å². The van der Waals surface area contributed by atoms with Crippen LogP contribution in [0.25, 0.3) is 0 Å². The smallest absolute Gasteiger partial charge is 0.406 e. The van der Waals surface area contributed by atoms with Gasteiger partial charge in [-0.2, -0.15) is 0 Å². The highest BCUT2D eigenvalue weighted by molar-refractivity contribution is 7.51. The Morgan fingerprint density at radius 1 is 1.20 bits per heavy atom. The summed E-state index contributed by atoms with van der Waals surface area (Å²) in [6.07, 6.45) is 2.22. The molecule has 9 heteroatoms. The number of morpholine rings is 1. The average molecular weight is 451 g/mol. The molecule has 0 aliphatic carbocycles. The number of nitrogens with one attached hydrogen (secondary N) is 1. The predicted octanol–water partition coefficient (Wildman–Crippen LogP) is 4.00. The van der Waals surface area contributed by atoms with Gasteiger partial charge in [-0.3, -0.25) is 18.7 Å². The van der Waals surface area contributed by atoms with Crippen molar-refractivity contribution in [2.75, 3.05) is 46.0 Å². The quantitative estimate of drug-likeness (QED) is 0.256. The van der Waals surface area contributed by atoms with E-state index < -0.39 is 18.8 Å². The Balaban J connectivity index is 2.47. The van der Waals surface area contributed by atoms with Crippen LogP contribution < -0.4 is 5.09 Å². The lowest BCUT2D eigenvalue weighted by Crippen LogP contribution is -2.40. The van der Waals surface area contributed by atoms with Gasteiger partial charge in [-0.1, -0.05) is 13.3 Å². The summed E-state index contributed by atoms with van der Waals surface area (Å²) < 4.78 is 35.3. The minimum atomic E-state index is -3.52. The molecule has 1 heterocycles. The third-order valence-corrected chi connectivity index (χ3v) is 6.79. The molecule has 1 fully saturated rings. The first-order valence-corrected chi connectivity index (χ1v) is 12.6. The Bertz CT molecular complexity index is 558. The van der Waals surface area contributed by atoms with Gasteiger partial charge in [-0.05, 0) is 60.9 Å². The summed E-state index contributed by atoms with van der Waals surface area (Å²) in [5, 5.41) is 2.84. The van der Waals surface area contributed by atoms with E-state index in [1.165, 1.54) is 0 Å². The molecule has 1 N–H and O–H groups in total. The highest BCUT2D eigenvalue weighted by atomic mass is 31.2. The average Bonchev–Trinajstić information content (AvgIpc) is 2.63. The van der Waals surface area contributed by atoms with Crippen LogP contribution >= 0.6 is 7.75 Å². The van der Waals surface area contributed by atoms with E-state index in [1.807, 2.05) is 48.5 Å². The van der Waals surface area contributed by atoms with Gasteiger partial charge in [0, 0.05) is 19.6 Å². The first-order chi connectivity index (χ1) is 13.9. The number of esters is 1. The molecule has 0 saturated carbocycles. The van der Waals surface area contributed by atoms with E-state index in [-0.39, 0.29) is 25.2 Å². The highest BCUT2D eigenvalue weighted by Gasteiger charge is 2.33. The Morgan fingerprint density at radius 3 is 2.40 bits per heavy atom. The molecule has 0 aromatic carbocycles. The van der Waals surface area contributed by atoms with Crippen LogP contribution in [0.4, 0.5) is 0 Å². The Morgan fingerprint density at radius 2 is 1.83 bits per heavy atom. The van der Waals surface area contributed by atoms with Gasteiger partial charge in [0.25, 0.3) is 0 Å². The molecule has 0 aromatic heterocycles. The molecule has 1 saturated heterocycles. The normalized spacial score (nSPS) is 19.3. The maximum absolute atomic E-state index is 13.1. The van der Waals surface area contributed by atoms with Crippen molar-refractivity contribution in [3.63, 3.8) is 0 Å². The van der Waals surface area contributed by atoms with Gasteiger partial charge in [0.1, 0.15) is 6.61 Å². The second-order valence-electron chi connectivity index (χ2n) is 9.54. The molecular weight excluding hydrogens is 407 g/mol. The first-order valence-electron chi connectivity index (χ1n) is 11.1. The zero-order chi connectivity index (χ0) is 22.8. The van der Waals surface area contributed by atoms with E-state index in [4.69, 9.17) is 18.5 Å². The second-order valence-corrected chi connectivity index (χ2v) is 11.2. The van der Waals surface area contributed by atoms with Gasteiger partial charge in [0.2, 0.25) is 0 Å². The fourth-order valence-electron chi connectivity index (χ4n) is 3.03. The molecule has 0 bridgehead atoms. The SMILES string of the molecule is CCCC(C)OP(=O)(NCCOC(=O)C(C)(C)CCN1CCOCC1)OC(C)(C)C. The van der Waals surface area contributed by atoms with E-state index in [0.717, 1.165) is 45.7 Å². The summed E-state index contributed by atoms with van der Waals surface area (Å²) in [6.45, 7) is 17.6. The summed E-state index contributed by atoms with van der Waals surface area (Å²) in [7, 11) is -3.52. The molecule has 30 heavy (non-hydrogen) atoms. The lowest BCUT2D eigenvalue weighted by molar-refractivity contribution is -0.154. The lowest BCUT2D eigenvalue weighted by Gasteiger charge is -2.30. The number of nitrogens with zero attached hydrogens (tertiary/aromatic N) is 1. The Kier molecular flexibility index (Phi) is 11.5. The van der Waals surface area contributed by atoms with Crippen LogP contribution in [0, 0.1) is 5.41 Å². The summed E-state index contributed by atoms with van der Waals surface area (Å²) in [5.41, 5.74) is -1.22. The van der Waals surface area contributed by atoms with Crippen LogP contribution in [-0.4, -0.2) is 68.6 Å². The molecule has 1 aliphatic heterocycles. The van der Waals surface area contributed by atoms with Gasteiger partial charge in [0.05, 0.1) is 30.3 Å². The molecule has 1 aliphatic rings. The van der Waals surface area contributed by atoms with Gasteiger partial charge in [0.15, 0.2) is 0 Å². The summed E-state index contributed by atoms with van der Waals surface area (Å²) >= 11 is 0. The van der Waals surface area contributed by atoms with E-state index in [0.29, 0.717) is 6.42 Å². The third kappa shape index (κ3) is 11.2. The first kappa shape index (κ1) is 27.5. The predicted molar refractivity (Wildman–Crippen MR) is 119 cm³/mol. The van der Waals surface area contributed by atoms with Crippen molar-refractivity contribution in [3.05, 3.63) is 0 Å². The summed E-state index contributed by atoms with van der Waals surface area (Å²) in [5.74, 6) is -0.260. The van der Waals surface area contributed by atoms with Crippen molar-refractivity contribution in [2.45, 2.75) is 79.4 Å². The minimum absolute atomic E-state index is 0.100. The molecule has 0 radical (unpaired) electrons. The van der Waals surface area contributed by atoms with Crippen LogP contribution in [0.5, 0.6) is 0 Å². The second kappa shape index (κ2) is 12.5. The number of rotatable bonds is 13. The zero-order valence-electron chi connectivity index (χ0n) is 20.0. The monoisotopic (exact) mass is 450 g/mol. The maximum Gasteiger partial charge on any atom is 0.406 e. The van der Waals surface area contributed by atoms with E-state index >= 15 is 0 Å². The van der Waals surface area contributed by atoms with Crippen molar-refractivity contribution in [1.82, 2.24) is 9.99 Å². The van der Waals surface area contributed by atoms with Crippen molar-refractivity contribution < 1.29 is 27.9 Å². The van der Waals surface area contributed by atoms with E-state index in [9.17, 15) is 9.36 Å². The van der Waals surface area contributed by atoms with Crippen molar-refractivity contribution >= 4 is 13.7 Å². The number of hydrogen-bond donors (Lipinski definition) is 1. The van der Waals surface area contributed by atoms with Gasteiger partial charge < -0.3 is 9.47 Å². The maximum atomic E-state index is 13.1. The Hall–Kier alpha value is -0.500. The third-order valence-electron chi connectivity index (χ3n) is 4.76. The van der Waals surface area contributed by atoms with Gasteiger partial charge in [-0.15, -0.1) is 0 Å². The fourth-order valence-corrected chi connectivity index (χ4v) is 4.88. The van der Waals surface area contributed by atoms with Crippen LogP contribution in [0.2, 0.25) is 0 Å². The van der Waals surface area contributed by atoms with Gasteiger partial charge >= 0.3 is 13.7 Å². The largest absolute Gasteiger partial charge is 0.464 e. The lowest BCUT2D eigenvalue weighted by atomic mass is 9.89. The number of carbonyl (C=O) groups excluding carboxylic acids is 1. The molecule has 1 rings (SSSR count). The summed E-state index contributed by atoms with van der Waals surface area (Å²) in [6, 6.07) is 0. The minimum Gasteiger partial charge on any atom is -0.464 e. The van der Waals surface area contributed by atoms with Crippen LogP contribution in [0.15, 0.2) is 0 Å².